The molecule has 3 aromatic rings. The molecule has 0 aliphatic carbocycles. The van der Waals surface area contributed by atoms with Crippen LogP contribution in [0.25, 0.3) is 11.0 Å². The lowest BCUT2D eigenvalue weighted by Crippen LogP contribution is -2.37. The molecule has 0 atom stereocenters. The highest BCUT2D eigenvalue weighted by atomic mass is 16.2. The number of pyridine rings is 1. The first-order valence-corrected chi connectivity index (χ1v) is 10.3. The molecule has 4 rings (SSSR count). The van der Waals surface area contributed by atoms with Crippen LogP contribution in [0.3, 0.4) is 0 Å². The molecule has 0 unspecified atom stereocenters. The van der Waals surface area contributed by atoms with Crippen LogP contribution in [-0.2, 0) is 0 Å². The first-order chi connectivity index (χ1) is 13.7. The molecular formula is C23H28N4O. The van der Waals surface area contributed by atoms with E-state index in [4.69, 9.17) is 0 Å². The Kier molecular flexibility index (Phi) is 5.33. The summed E-state index contributed by atoms with van der Waals surface area (Å²) < 4.78 is 0. The van der Waals surface area contributed by atoms with Crippen molar-refractivity contribution in [3.8, 4) is 0 Å². The predicted octanol–water partition coefficient (Wildman–Crippen LogP) is 4.43. The number of aromatic amines is 1. The summed E-state index contributed by atoms with van der Waals surface area (Å²) in [5, 5.41) is 1.21. The van der Waals surface area contributed by atoms with Gasteiger partial charge in [0.15, 0.2) is 0 Å². The Morgan fingerprint density at radius 2 is 1.86 bits per heavy atom. The summed E-state index contributed by atoms with van der Waals surface area (Å²) in [5.74, 6) is 0.622. The zero-order valence-corrected chi connectivity index (χ0v) is 16.7. The van der Waals surface area contributed by atoms with Crippen LogP contribution in [0.5, 0.6) is 0 Å². The number of carbonyl (C=O) groups excluding carboxylic acids is 1. The van der Waals surface area contributed by atoms with Gasteiger partial charge in [-0.1, -0.05) is 0 Å². The molecule has 1 aliphatic heterocycles. The van der Waals surface area contributed by atoms with Gasteiger partial charge in [-0.05, 0) is 74.6 Å². The fraction of sp³-hybridized carbons (Fsp3) is 0.391. The number of aromatic nitrogens is 2. The van der Waals surface area contributed by atoms with Crippen LogP contribution >= 0.6 is 0 Å². The van der Waals surface area contributed by atoms with E-state index >= 15 is 0 Å². The van der Waals surface area contributed by atoms with Crippen LogP contribution in [0.4, 0.5) is 5.69 Å². The third kappa shape index (κ3) is 3.49. The number of nitrogens with zero attached hydrogens (tertiary/aromatic N) is 3. The normalized spacial score (nSPS) is 15.1. The number of nitrogens with one attached hydrogen (secondary N) is 1. The Hall–Kier alpha value is -2.82. The van der Waals surface area contributed by atoms with Crippen LogP contribution in [0.1, 0.15) is 48.5 Å². The summed E-state index contributed by atoms with van der Waals surface area (Å²) in [5.41, 5.74) is 4.24. The van der Waals surface area contributed by atoms with Gasteiger partial charge in [0.1, 0.15) is 5.65 Å². The highest BCUT2D eigenvalue weighted by Crippen LogP contribution is 2.33. The smallest absolute Gasteiger partial charge is 0.253 e. The summed E-state index contributed by atoms with van der Waals surface area (Å²) in [6.45, 7) is 7.84. The van der Waals surface area contributed by atoms with E-state index in [1.165, 1.54) is 16.6 Å². The van der Waals surface area contributed by atoms with Crippen molar-refractivity contribution in [1.82, 2.24) is 14.9 Å². The van der Waals surface area contributed by atoms with Crippen molar-refractivity contribution >= 4 is 22.6 Å². The molecule has 0 saturated carbocycles. The molecular weight excluding hydrogens is 348 g/mol. The topological polar surface area (TPSA) is 52.2 Å². The maximum atomic E-state index is 12.9. The van der Waals surface area contributed by atoms with Gasteiger partial charge in [0.2, 0.25) is 0 Å². The Balaban J connectivity index is 1.41. The third-order valence-electron chi connectivity index (χ3n) is 5.95. The van der Waals surface area contributed by atoms with Gasteiger partial charge in [-0.3, -0.25) is 4.79 Å². The van der Waals surface area contributed by atoms with E-state index in [1.807, 2.05) is 29.3 Å². The minimum absolute atomic E-state index is 0.144. The van der Waals surface area contributed by atoms with Gasteiger partial charge in [0.05, 0.1) is 0 Å². The van der Waals surface area contributed by atoms with Crippen molar-refractivity contribution in [1.29, 1.82) is 0 Å². The SMILES string of the molecule is CCN(CC)c1ccc(C(=O)N2CCC(c3c[nH]c4ncccc34)CC2)cc1. The van der Waals surface area contributed by atoms with Crippen molar-refractivity contribution in [3.63, 3.8) is 0 Å². The van der Waals surface area contributed by atoms with E-state index in [0.717, 1.165) is 50.2 Å². The number of hydrogen-bond acceptors (Lipinski definition) is 3. The second-order valence-corrected chi connectivity index (χ2v) is 7.43. The molecule has 0 spiro atoms. The first kappa shape index (κ1) is 18.5. The lowest BCUT2D eigenvalue weighted by molar-refractivity contribution is 0.0713. The monoisotopic (exact) mass is 376 g/mol. The minimum Gasteiger partial charge on any atom is -0.372 e. The largest absolute Gasteiger partial charge is 0.372 e. The highest BCUT2D eigenvalue weighted by Gasteiger charge is 2.26. The number of likely N-dealkylation sites (tertiary alicyclic amines) is 1. The Morgan fingerprint density at radius 3 is 2.54 bits per heavy atom. The number of amides is 1. The van der Waals surface area contributed by atoms with Crippen molar-refractivity contribution in [2.24, 2.45) is 0 Å². The van der Waals surface area contributed by atoms with Crippen molar-refractivity contribution in [3.05, 3.63) is 59.9 Å². The lowest BCUT2D eigenvalue weighted by Gasteiger charge is -2.32. The number of fused-ring (bicyclic) bond motifs is 1. The van der Waals surface area contributed by atoms with Gasteiger partial charge in [0.25, 0.3) is 5.91 Å². The molecule has 1 amide bonds. The Bertz CT molecular complexity index is 935. The molecule has 146 valence electrons. The average molecular weight is 377 g/mol. The summed E-state index contributed by atoms with van der Waals surface area (Å²) in [6.07, 6.45) is 5.89. The molecule has 1 saturated heterocycles. The highest BCUT2D eigenvalue weighted by molar-refractivity contribution is 5.94. The van der Waals surface area contributed by atoms with Crippen molar-refractivity contribution in [2.75, 3.05) is 31.1 Å². The van der Waals surface area contributed by atoms with E-state index in [2.05, 4.69) is 53.1 Å². The second kappa shape index (κ2) is 8.05. The van der Waals surface area contributed by atoms with Crippen molar-refractivity contribution < 1.29 is 4.79 Å². The molecule has 5 heteroatoms. The van der Waals surface area contributed by atoms with Gasteiger partial charge in [0, 0.05) is 55.2 Å². The molecule has 1 aromatic carbocycles. The Labute approximate surface area is 166 Å². The quantitative estimate of drug-likeness (QED) is 0.717. The standard InChI is InChI=1S/C23H28N4O/c1-3-26(4-2)19-9-7-18(8-10-19)23(28)27-14-11-17(12-15-27)21-16-25-22-20(21)6-5-13-24-22/h5-10,13,16-17H,3-4,11-12,14-15H2,1-2H3,(H,24,25). The van der Waals surface area contributed by atoms with Gasteiger partial charge in [-0.2, -0.15) is 0 Å². The second-order valence-electron chi connectivity index (χ2n) is 7.43. The molecule has 5 nitrogen and oxygen atoms in total. The van der Waals surface area contributed by atoms with Gasteiger partial charge < -0.3 is 14.8 Å². The van der Waals surface area contributed by atoms with Gasteiger partial charge in [-0.25, -0.2) is 4.98 Å². The Morgan fingerprint density at radius 1 is 1.14 bits per heavy atom. The molecule has 1 aliphatic rings. The number of anilines is 1. The summed E-state index contributed by atoms with van der Waals surface area (Å²) in [4.78, 5) is 24.9. The lowest BCUT2D eigenvalue weighted by atomic mass is 9.89. The molecule has 0 bridgehead atoms. The van der Waals surface area contributed by atoms with Crippen LogP contribution in [0.2, 0.25) is 0 Å². The van der Waals surface area contributed by atoms with E-state index in [0.29, 0.717) is 5.92 Å². The minimum atomic E-state index is 0.144. The summed E-state index contributed by atoms with van der Waals surface area (Å²) >= 11 is 0. The summed E-state index contributed by atoms with van der Waals surface area (Å²) in [6, 6.07) is 12.2. The molecule has 0 radical (unpaired) electrons. The third-order valence-corrected chi connectivity index (χ3v) is 5.95. The van der Waals surface area contributed by atoms with Gasteiger partial charge in [-0.15, -0.1) is 0 Å². The number of rotatable bonds is 5. The van der Waals surface area contributed by atoms with E-state index in [1.54, 1.807) is 0 Å². The number of benzene rings is 1. The zero-order valence-electron chi connectivity index (χ0n) is 16.7. The number of piperidine rings is 1. The molecule has 2 aromatic heterocycles. The number of carbonyl (C=O) groups is 1. The maximum absolute atomic E-state index is 12.9. The van der Waals surface area contributed by atoms with E-state index < -0.39 is 0 Å². The fourth-order valence-corrected chi connectivity index (χ4v) is 4.29. The number of hydrogen-bond donors (Lipinski definition) is 1. The molecule has 1 N–H and O–H groups in total. The zero-order chi connectivity index (χ0) is 19.5. The molecule has 1 fully saturated rings. The van der Waals surface area contributed by atoms with E-state index in [-0.39, 0.29) is 5.91 Å². The van der Waals surface area contributed by atoms with Crippen LogP contribution < -0.4 is 4.90 Å². The van der Waals surface area contributed by atoms with E-state index in [9.17, 15) is 4.79 Å². The molecule has 3 heterocycles. The number of H-pyrrole nitrogens is 1. The van der Waals surface area contributed by atoms with Crippen LogP contribution in [0, 0.1) is 0 Å². The average Bonchev–Trinajstić information content (AvgIpc) is 3.19. The van der Waals surface area contributed by atoms with Crippen LogP contribution in [0.15, 0.2) is 48.8 Å². The van der Waals surface area contributed by atoms with Gasteiger partial charge >= 0.3 is 0 Å². The predicted molar refractivity (Wildman–Crippen MR) is 114 cm³/mol. The maximum Gasteiger partial charge on any atom is 0.253 e. The fourth-order valence-electron chi connectivity index (χ4n) is 4.29. The molecule has 28 heavy (non-hydrogen) atoms. The van der Waals surface area contributed by atoms with Crippen LogP contribution in [-0.4, -0.2) is 47.0 Å². The summed E-state index contributed by atoms with van der Waals surface area (Å²) in [7, 11) is 0. The van der Waals surface area contributed by atoms with Crippen molar-refractivity contribution in [2.45, 2.75) is 32.6 Å². The first-order valence-electron chi connectivity index (χ1n) is 10.3.